The molecule has 0 aliphatic carbocycles. The lowest BCUT2D eigenvalue weighted by molar-refractivity contribution is 0.194. The third kappa shape index (κ3) is 6.29. The van der Waals surface area contributed by atoms with Crippen LogP contribution < -0.4 is 5.32 Å². The van der Waals surface area contributed by atoms with Crippen molar-refractivity contribution in [1.82, 2.24) is 10.2 Å². The lowest BCUT2D eigenvalue weighted by Crippen LogP contribution is -2.36. The standard InChI is InChI=1S/C15H30N2O/c1-2-3-4-5-6-7-8-9-10-15-16-11-12-17(15)13-14-18/h11-12,15-16,18H,2-10,13-14H2,1H3. The third-order valence-corrected chi connectivity index (χ3v) is 3.64. The van der Waals surface area contributed by atoms with Crippen molar-refractivity contribution in [1.29, 1.82) is 0 Å². The number of rotatable bonds is 11. The van der Waals surface area contributed by atoms with Gasteiger partial charge in [-0.3, -0.25) is 0 Å². The summed E-state index contributed by atoms with van der Waals surface area (Å²) in [6.07, 6.45) is 16.6. The van der Waals surface area contributed by atoms with Crippen LogP contribution in [-0.2, 0) is 0 Å². The van der Waals surface area contributed by atoms with E-state index in [1.54, 1.807) is 0 Å². The Hall–Kier alpha value is -0.700. The smallest absolute Gasteiger partial charge is 0.0982 e. The fraction of sp³-hybridized carbons (Fsp3) is 0.867. The van der Waals surface area contributed by atoms with Gasteiger partial charge in [0.1, 0.15) is 0 Å². The predicted molar refractivity (Wildman–Crippen MR) is 77.1 cm³/mol. The first-order valence-corrected chi connectivity index (χ1v) is 7.67. The number of nitrogens with one attached hydrogen (secondary N) is 1. The molecule has 1 heterocycles. The summed E-state index contributed by atoms with van der Waals surface area (Å²) >= 11 is 0. The van der Waals surface area contributed by atoms with Crippen LogP contribution in [0.4, 0.5) is 0 Å². The van der Waals surface area contributed by atoms with E-state index in [0.29, 0.717) is 6.17 Å². The molecule has 0 aromatic rings. The molecule has 0 saturated heterocycles. The van der Waals surface area contributed by atoms with Gasteiger partial charge in [-0.15, -0.1) is 0 Å². The van der Waals surface area contributed by atoms with E-state index in [0.717, 1.165) is 6.54 Å². The van der Waals surface area contributed by atoms with Gasteiger partial charge in [0.05, 0.1) is 12.8 Å². The number of hydrogen-bond donors (Lipinski definition) is 2. The summed E-state index contributed by atoms with van der Waals surface area (Å²) in [4.78, 5) is 2.20. The van der Waals surface area contributed by atoms with Crippen molar-refractivity contribution in [3.63, 3.8) is 0 Å². The number of hydrogen-bond acceptors (Lipinski definition) is 3. The second-order valence-corrected chi connectivity index (χ2v) is 5.22. The Kier molecular flexibility index (Phi) is 8.74. The maximum absolute atomic E-state index is 8.95. The lowest BCUT2D eigenvalue weighted by atomic mass is 10.1. The van der Waals surface area contributed by atoms with Gasteiger partial charge < -0.3 is 15.3 Å². The van der Waals surface area contributed by atoms with Gasteiger partial charge in [0.2, 0.25) is 0 Å². The van der Waals surface area contributed by atoms with Gasteiger partial charge in [0.15, 0.2) is 0 Å². The number of β-amino-alcohol motifs (C(OH)–C–C–N with tert-alkyl or cyclic N) is 1. The minimum absolute atomic E-state index is 0.236. The molecule has 106 valence electrons. The summed E-state index contributed by atoms with van der Waals surface area (Å²) in [6, 6.07) is 0. The Labute approximate surface area is 112 Å². The highest BCUT2D eigenvalue weighted by atomic mass is 16.3. The predicted octanol–water partition coefficient (Wildman–Crippen LogP) is 3.21. The van der Waals surface area contributed by atoms with Crippen LogP contribution in [-0.4, -0.2) is 29.3 Å². The van der Waals surface area contributed by atoms with Crippen LogP contribution in [0.5, 0.6) is 0 Å². The van der Waals surface area contributed by atoms with Crippen molar-refractivity contribution >= 4 is 0 Å². The van der Waals surface area contributed by atoms with Crippen LogP contribution >= 0.6 is 0 Å². The Morgan fingerprint density at radius 1 is 1.06 bits per heavy atom. The highest BCUT2D eigenvalue weighted by Gasteiger charge is 2.16. The fourth-order valence-corrected chi connectivity index (χ4v) is 2.52. The molecule has 0 spiro atoms. The van der Waals surface area contributed by atoms with Crippen molar-refractivity contribution in [3.8, 4) is 0 Å². The summed E-state index contributed by atoms with van der Waals surface area (Å²) in [7, 11) is 0. The topological polar surface area (TPSA) is 35.5 Å². The van der Waals surface area contributed by atoms with E-state index in [1.807, 2.05) is 12.4 Å². The molecule has 0 aromatic heterocycles. The molecule has 0 aromatic carbocycles. The number of unbranched alkanes of at least 4 members (excludes halogenated alkanes) is 7. The number of aliphatic hydroxyl groups is 1. The van der Waals surface area contributed by atoms with Gasteiger partial charge in [-0.2, -0.15) is 0 Å². The van der Waals surface area contributed by atoms with Gasteiger partial charge in [0.25, 0.3) is 0 Å². The van der Waals surface area contributed by atoms with E-state index in [2.05, 4.69) is 17.1 Å². The van der Waals surface area contributed by atoms with Crippen LogP contribution in [0, 0.1) is 0 Å². The number of aliphatic hydroxyl groups excluding tert-OH is 1. The average molecular weight is 254 g/mol. The second-order valence-electron chi connectivity index (χ2n) is 5.22. The van der Waals surface area contributed by atoms with E-state index in [-0.39, 0.29) is 6.61 Å². The summed E-state index contributed by atoms with van der Waals surface area (Å²) in [6.45, 7) is 3.24. The lowest BCUT2D eigenvalue weighted by Gasteiger charge is -2.24. The molecule has 18 heavy (non-hydrogen) atoms. The van der Waals surface area contributed by atoms with E-state index in [1.165, 1.54) is 57.8 Å². The zero-order chi connectivity index (χ0) is 13.1. The first-order valence-electron chi connectivity index (χ1n) is 7.67. The van der Waals surface area contributed by atoms with Crippen LogP contribution in [0.15, 0.2) is 12.4 Å². The quantitative estimate of drug-likeness (QED) is 0.556. The molecule has 0 fully saturated rings. The normalized spacial score (nSPS) is 18.3. The van der Waals surface area contributed by atoms with E-state index in [4.69, 9.17) is 5.11 Å². The van der Waals surface area contributed by atoms with Crippen molar-refractivity contribution in [3.05, 3.63) is 12.4 Å². The van der Waals surface area contributed by atoms with Crippen LogP contribution in [0.1, 0.15) is 64.7 Å². The summed E-state index contributed by atoms with van der Waals surface area (Å²) in [5.41, 5.74) is 0. The van der Waals surface area contributed by atoms with Crippen LogP contribution in [0.2, 0.25) is 0 Å². The molecule has 0 amide bonds. The Bertz CT molecular complexity index is 219. The molecular weight excluding hydrogens is 224 g/mol. The van der Waals surface area contributed by atoms with E-state index < -0.39 is 0 Å². The highest BCUT2D eigenvalue weighted by molar-refractivity contribution is 4.93. The molecule has 3 nitrogen and oxygen atoms in total. The van der Waals surface area contributed by atoms with Gasteiger partial charge in [0, 0.05) is 18.9 Å². The molecule has 0 saturated carbocycles. The molecule has 1 aliphatic heterocycles. The zero-order valence-electron chi connectivity index (χ0n) is 11.9. The Morgan fingerprint density at radius 3 is 2.39 bits per heavy atom. The van der Waals surface area contributed by atoms with Gasteiger partial charge in [-0.1, -0.05) is 51.9 Å². The molecule has 3 heteroatoms. The highest BCUT2D eigenvalue weighted by Crippen LogP contribution is 2.14. The second kappa shape index (κ2) is 10.2. The number of nitrogens with zero attached hydrogens (tertiary/aromatic N) is 1. The van der Waals surface area contributed by atoms with Crippen LogP contribution in [0.25, 0.3) is 0 Å². The van der Waals surface area contributed by atoms with Gasteiger partial charge in [-0.25, -0.2) is 0 Å². The molecule has 1 aliphatic rings. The maximum atomic E-state index is 8.95. The minimum atomic E-state index is 0.236. The fourth-order valence-electron chi connectivity index (χ4n) is 2.52. The monoisotopic (exact) mass is 254 g/mol. The molecule has 1 rings (SSSR count). The third-order valence-electron chi connectivity index (χ3n) is 3.64. The van der Waals surface area contributed by atoms with E-state index >= 15 is 0 Å². The summed E-state index contributed by atoms with van der Waals surface area (Å²) in [5.74, 6) is 0. The van der Waals surface area contributed by atoms with Crippen molar-refractivity contribution in [2.45, 2.75) is 70.9 Å². The van der Waals surface area contributed by atoms with Gasteiger partial charge >= 0.3 is 0 Å². The SMILES string of the molecule is CCCCCCCCCCC1NC=CN1CCO. The van der Waals surface area contributed by atoms with Crippen molar-refractivity contribution in [2.24, 2.45) is 0 Å². The van der Waals surface area contributed by atoms with Gasteiger partial charge in [-0.05, 0) is 12.8 Å². The molecule has 1 atom stereocenters. The summed E-state index contributed by atoms with van der Waals surface area (Å²) < 4.78 is 0. The van der Waals surface area contributed by atoms with Crippen molar-refractivity contribution in [2.75, 3.05) is 13.2 Å². The van der Waals surface area contributed by atoms with Crippen molar-refractivity contribution < 1.29 is 5.11 Å². The molecule has 0 radical (unpaired) electrons. The molecule has 0 bridgehead atoms. The first kappa shape index (κ1) is 15.4. The zero-order valence-corrected chi connectivity index (χ0v) is 11.9. The maximum Gasteiger partial charge on any atom is 0.0982 e. The first-order chi connectivity index (χ1) is 8.88. The average Bonchev–Trinajstić information content (AvgIpc) is 2.81. The minimum Gasteiger partial charge on any atom is -0.395 e. The summed E-state index contributed by atoms with van der Waals surface area (Å²) in [5, 5.41) is 12.3. The largest absolute Gasteiger partial charge is 0.395 e. The molecule has 1 unspecified atom stereocenters. The van der Waals surface area contributed by atoms with Crippen LogP contribution in [0.3, 0.4) is 0 Å². The molecular formula is C15H30N2O. The Balaban J connectivity index is 1.91. The Morgan fingerprint density at radius 2 is 1.72 bits per heavy atom. The van der Waals surface area contributed by atoms with E-state index in [9.17, 15) is 0 Å². The molecule has 2 N–H and O–H groups in total.